The summed E-state index contributed by atoms with van der Waals surface area (Å²) in [5.74, 6) is -0.253. The molecule has 0 amide bonds. The van der Waals surface area contributed by atoms with Crippen LogP contribution in [0.15, 0.2) is 35.4 Å². The summed E-state index contributed by atoms with van der Waals surface area (Å²) in [4.78, 5) is 17.0. The lowest BCUT2D eigenvalue weighted by atomic mass is 10.1. The minimum Gasteiger partial charge on any atom is -0.457 e. The maximum absolute atomic E-state index is 12.5. The van der Waals surface area contributed by atoms with Crippen molar-refractivity contribution in [3.63, 3.8) is 0 Å². The Labute approximate surface area is 159 Å². The summed E-state index contributed by atoms with van der Waals surface area (Å²) in [5, 5.41) is 9.94. The molecular formula is C19H16F2N2O3S. The molecule has 1 aromatic carbocycles. The number of alkyl halides is 2. The fourth-order valence-corrected chi connectivity index (χ4v) is 3.10. The predicted octanol–water partition coefficient (Wildman–Crippen LogP) is 4.51. The molecule has 0 atom stereocenters. The van der Waals surface area contributed by atoms with Crippen LogP contribution in [0.5, 0.6) is 5.75 Å². The number of halogens is 2. The van der Waals surface area contributed by atoms with Crippen LogP contribution in [0.3, 0.4) is 0 Å². The van der Waals surface area contributed by atoms with E-state index < -0.39 is 12.6 Å². The summed E-state index contributed by atoms with van der Waals surface area (Å²) in [6.45, 7) is -2.94. The third-order valence-corrected chi connectivity index (χ3v) is 4.73. The number of carbonyl (C=O) groups is 1. The highest BCUT2D eigenvalue weighted by molar-refractivity contribution is 7.98. The lowest BCUT2D eigenvalue weighted by Gasteiger charge is -2.11. The highest BCUT2D eigenvalue weighted by atomic mass is 32.2. The Kier molecular flexibility index (Phi) is 5.91. The van der Waals surface area contributed by atoms with Gasteiger partial charge in [-0.1, -0.05) is 12.1 Å². The Morgan fingerprint density at radius 1 is 1.37 bits per heavy atom. The van der Waals surface area contributed by atoms with E-state index in [9.17, 15) is 18.8 Å². The van der Waals surface area contributed by atoms with E-state index in [2.05, 4.69) is 9.72 Å². The van der Waals surface area contributed by atoms with Crippen LogP contribution in [0.25, 0.3) is 0 Å². The minimum absolute atomic E-state index is 0.0275. The van der Waals surface area contributed by atoms with Crippen LogP contribution in [-0.4, -0.2) is 23.8 Å². The van der Waals surface area contributed by atoms with Gasteiger partial charge in [0.15, 0.2) is 0 Å². The Hall–Kier alpha value is -2.66. The predicted molar refractivity (Wildman–Crippen MR) is 94.9 cm³/mol. The molecule has 140 valence electrons. The van der Waals surface area contributed by atoms with E-state index in [0.29, 0.717) is 16.5 Å². The number of esters is 1. The zero-order valence-electron chi connectivity index (χ0n) is 14.4. The van der Waals surface area contributed by atoms with Gasteiger partial charge in [0.1, 0.15) is 23.5 Å². The van der Waals surface area contributed by atoms with Gasteiger partial charge in [-0.3, -0.25) is 0 Å². The standard InChI is InChI=1S/C19H16F2N2O3S/c1-27-17-15(9-22)14(8-16(23-17)12-4-5-12)18(24)25-10-11-2-6-13(7-3-11)26-19(20)21/h2-3,6-8,12,19H,4-5,10H2,1H3. The molecule has 2 aromatic rings. The number of aromatic nitrogens is 1. The summed E-state index contributed by atoms with van der Waals surface area (Å²) in [6, 6.07) is 9.49. The number of nitriles is 1. The average molecular weight is 390 g/mol. The van der Waals surface area contributed by atoms with Gasteiger partial charge in [-0.05, 0) is 42.9 Å². The second kappa shape index (κ2) is 8.35. The normalized spacial score (nSPS) is 13.3. The van der Waals surface area contributed by atoms with Gasteiger partial charge in [0.25, 0.3) is 0 Å². The van der Waals surface area contributed by atoms with Crippen molar-refractivity contribution in [2.45, 2.75) is 37.0 Å². The van der Waals surface area contributed by atoms with E-state index in [1.54, 1.807) is 12.3 Å². The van der Waals surface area contributed by atoms with Crippen LogP contribution in [0.4, 0.5) is 8.78 Å². The van der Waals surface area contributed by atoms with Crippen molar-refractivity contribution in [1.82, 2.24) is 4.98 Å². The quantitative estimate of drug-likeness (QED) is 0.512. The number of rotatable bonds is 7. The summed E-state index contributed by atoms with van der Waals surface area (Å²) >= 11 is 1.32. The Balaban J connectivity index is 1.74. The molecule has 1 aromatic heterocycles. The zero-order valence-corrected chi connectivity index (χ0v) is 15.3. The molecule has 0 aliphatic heterocycles. The van der Waals surface area contributed by atoms with Gasteiger partial charge < -0.3 is 9.47 Å². The van der Waals surface area contributed by atoms with Crippen LogP contribution in [0.1, 0.15) is 45.9 Å². The van der Waals surface area contributed by atoms with E-state index in [0.717, 1.165) is 18.5 Å². The SMILES string of the molecule is CSc1nc(C2CC2)cc(C(=O)OCc2ccc(OC(F)F)cc2)c1C#N. The van der Waals surface area contributed by atoms with Crippen LogP contribution >= 0.6 is 11.8 Å². The summed E-state index contributed by atoms with van der Waals surface area (Å²) in [7, 11) is 0. The number of benzene rings is 1. The summed E-state index contributed by atoms with van der Waals surface area (Å²) in [6.07, 6.45) is 3.85. The number of hydrogen-bond acceptors (Lipinski definition) is 6. The van der Waals surface area contributed by atoms with E-state index in [-0.39, 0.29) is 23.5 Å². The highest BCUT2D eigenvalue weighted by Crippen LogP contribution is 2.40. The third-order valence-electron chi connectivity index (χ3n) is 4.05. The maximum Gasteiger partial charge on any atom is 0.387 e. The fraction of sp³-hybridized carbons (Fsp3) is 0.316. The van der Waals surface area contributed by atoms with E-state index in [1.807, 2.05) is 6.07 Å². The Morgan fingerprint density at radius 2 is 2.07 bits per heavy atom. The summed E-state index contributed by atoms with van der Waals surface area (Å²) < 4.78 is 33.9. The van der Waals surface area contributed by atoms with Gasteiger partial charge in [-0.15, -0.1) is 11.8 Å². The van der Waals surface area contributed by atoms with E-state index in [1.165, 1.54) is 36.0 Å². The first-order valence-corrected chi connectivity index (χ1v) is 9.44. The van der Waals surface area contributed by atoms with Crippen molar-refractivity contribution in [1.29, 1.82) is 5.26 Å². The van der Waals surface area contributed by atoms with Crippen molar-refractivity contribution in [2.24, 2.45) is 0 Å². The molecule has 0 N–H and O–H groups in total. The van der Waals surface area contributed by atoms with Gasteiger partial charge >= 0.3 is 12.6 Å². The van der Waals surface area contributed by atoms with E-state index >= 15 is 0 Å². The van der Waals surface area contributed by atoms with Crippen molar-refractivity contribution in [3.05, 3.63) is 52.7 Å². The monoisotopic (exact) mass is 390 g/mol. The molecule has 1 fully saturated rings. The number of carbonyl (C=O) groups excluding carboxylic acids is 1. The largest absolute Gasteiger partial charge is 0.457 e. The summed E-state index contributed by atoms with van der Waals surface area (Å²) in [5.41, 5.74) is 1.83. The highest BCUT2D eigenvalue weighted by Gasteiger charge is 2.29. The molecule has 1 heterocycles. The van der Waals surface area contributed by atoms with Gasteiger partial charge in [-0.2, -0.15) is 14.0 Å². The van der Waals surface area contributed by atoms with Gasteiger partial charge in [0.2, 0.25) is 0 Å². The van der Waals surface area contributed by atoms with E-state index in [4.69, 9.17) is 4.74 Å². The lowest BCUT2D eigenvalue weighted by molar-refractivity contribution is -0.0498. The van der Waals surface area contributed by atoms with Crippen LogP contribution in [0, 0.1) is 11.3 Å². The molecule has 0 spiro atoms. The van der Waals surface area contributed by atoms with Crippen LogP contribution in [-0.2, 0) is 11.3 Å². The maximum atomic E-state index is 12.5. The third kappa shape index (κ3) is 4.74. The fourth-order valence-electron chi connectivity index (χ4n) is 2.54. The Morgan fingerprint density at radius 3 is 2.63 bits per heavy atom. The second-order valence-electron chi connectivity index (χ2n) is 5.96. The number of hydrogen-bond donors (Lipinski definition) is 0. The van der Waals surface area contributed by atoms with Gasteiger partial charge in [0, 0.05) is 11.6 Å². The first kappa shape index (κ1) is 19.1. The number of nitrogens with zero attached hydrogens (tertiary/aromatic N) is 2. The molecule has 0 radical (unpaired) electrons. The number of pyridine rings is 1. The van der Waals surface area contributed by atoms with Crippen molar-refractivity contribution in [3.8, 4) is 11.8 Å². The molecule has 8 heteroatoms. The molecule has 1 saturated carbocycles. The molecule has 0 saturated heterocycles. The second-order valence-corrected chi connectivity index (χ2v) is 6.76. The molecule has 0 bridgehead atoms. The van der Waals surface area contributed by atoms with Crippen molar-refractivity contribution < 1.29 is 23.0 Å². The first-order valence-electron chi connectivity index (χ1n) is 8.21. The zero-order chi connectivity index (χ0) is 19.4. The Bertz CT molecular complexity index is 878. The molecular weight excluding hydrogens is 374 g/mol. The lowest BCUT2D eigenvalue weighted by Crippen LogP contribution is -2.10. The molecule has 3 rings (SSSR count). The van der Waals surface area contributed by atoms with Crippen molar-refractivity contribution >= 4 is 17.7 Å². The molecule has 27 heavy (non-hydrogen) atoms. The molecule has 0 unspecified atom stereocenters. The molecule has 1 aliphatic carbocycles. The first-order chi connectivity index (χ1) is 13.0. The number of thioether (sulfide) groups is 1. The van der Waals surface area contributed by atoms with Gasteiger partial charge in [-0.25, -0.2) is 9.78 Å². The van der Waals surface area contributed by atoms with Crippen LogP contribution < -0.4 is 4.74 Å². The molecule has 1 aliphatic rings. The molecule has 5 nitrogen and oxygen atoms in total. The van der Waals surface area contributed by atoms with Crippen molar-refractivity contribution in [2.75, 3.05) is 6.26 Å². The number of ether oxygens (including phenoxy) is 2. The smallest absolute Gasteiger partial charge is 0.387 e. The average Bonchev–Trinajstić information content (AvgIpc) is 3.50. The van der Waals surface area contributed by atoms with Crippen LogP contribution in [0.2, 0.25) is 0 Å². The van der Waals surface area contributed by atoms with Gasteiger partial charge in [0.05, 0.1) is 11.1 Å². The topological polar surface area (TPSA) is 72.2 Å². The minimum atomic E-state index is -2.89.